The first kappa shape index (κ1) is 15.6. The van der Waals surface area contributed by atoms with Crippen molar-refractivity contribution in [3.05, 3.63) is 44.5 Å². The van der Waals surface area contributed by atoms with Gasteiger partial charge < -0.3 is 4.52 Å². The summed E-state index contributed by atoms with van der Waals surface area (Å²) in [5.74, 6) is 1.60. The minimum absolute atomic E-state index is 0.00655. The number of nitrogens with zero attached hydrogens (tertiary/aromatic N) is 4. The third-order valence-corrected chi connectivity index (χ3v) is 5.96. The number of thioether (sulfide) groups is 1. The van der Waals surface area contributed by atoms with Gasteiger partial charge in [-0.1, -0.05) is 16.9 Å². The maximum absolute atomic E-state index is 12.5. The van der Waals surface area contributed by atoms with E-state index >= 15 is 0 Å². The van der Waals surface area contributed by atoms with Gasteiger partial charge in [-0.05, 0) is 29.8 Å². The fourth-order valence-electron chi connectivity index (χ4n) is 2.26. The van der Waals surface area contributed by atoms with Crippen molar-refractivity contribution in [2.24, 2.45) is 0 Å². The van der Waals surface area contributed by atoms with Gasteiger partial charge in [-0.15, -0.1) is 11.3 Å². The zero-order valence-electron chi connectivity index (χ0n) is 12.6. The van der Waals surface area contributed by atoms with Crippen LogP contribution in [0.15, 0.2) is 42.7 Å². The summed E-state index contributed by atoms with van der Waals surface area (Å²) in [7, 11) is 0. The summed E-state index contributed by atoms with van der Waals surface area (Å²) in [6.45, 7) is 2.52. The monoisotopic (exact) mass is 376 g/mol. The Morgan fingerprint density at radius 1 is 1.29 bits per heavy atom. The maximum atomic E-state index is 12.5. The number of rotatable bonds is 5. The molecule has 0 fully saturated rings. The molecule has 0 spiro atoms. The Bertz CT molecular complexity index is 1030. The van der Waals surface area contributed by atoms with Crippen LogP contribution in [0.25, 0.3) is 21.7 Å². The molecule has 122 valence electrons. The summed E-state index contributed by atoms with van der Waals surface area (Å²) in [6.07, 6.45) is 0. The van der Waals surface area contributed by atoms with E-state index < -0.39 is 0 Å². The van der Waals surface area contributed by atoms with E-state index in [2.05, 4.69) is 15.1 Å². The van der Waals surface area contributed by atoms with Crippen molar-refractivity contribution < 1.29 is 4.52 Å². The lowest BCUT2D eigenvalue weighted by Crippen LogP contribution is -2.21. The molecule has 0 bridgehead atoms. The highest BCUT2D eigenvalue weighted by atomic mass is 32.2. The first-order valence-electron chi connectivity index (χ1n) is 7.22. The molecule has 0 amide bonds. The van der Waals surface area contributed by atoms with Gasteiger partial charge in [0.1, 0.15) is 4.70 Å². The molecular formula is C15H12N4O2S3. The van der Waals surface area contributed by atoms with Crippen LogP contribution in [0.1, 0.15) is 12.7 Å². The number of hydrogen-bond donors (Lipinski definition) is 0. The molecule has 4 rings (SSSR count). The molecule has 6 nitrogen and oxygen atoms in total. The van der Waals surface area contributed by atoms with E-state index in [9.17, 15) is 4.79 Å². The number of hydrogen-bond acceptors (Lipinski definition) is 8. The van der Waals surface area contributed by atoms with E-state index in [1.54, 1.807) is 15.9 Å². The molecule has 0 unspecified atom stereocenters. The highest BCUT2D eigenvalue weighted by Gasteiger charge is 2.14. The Labute approximate surface area is 149 Å². The summed E-state index contributed by atoms with van der Waals surface area (Å²) in [6, 6.07) is 3.81. The van der Waals surface area contributed by atoms with Gasteiger partial charge in [0.15, 0.2) is 11.0 Å². The summed E-state index contributed by atoms with van der Waals surface area (Å²) >= 11 is 4.45. The first-order chi connectivity index (χ1) is 11.8. The molecule has 4 heterocycles. The van der Waals surface area contributed by atoms with Crippen LogP contribution in [0.5, 0.6) is 0 Å². The molecule has 0 saturated heterocycles. The van der Waals surface area contributed by atoms with Crippen LogP contribution in [-0.4, -0.2) is 19.7 Å². The average molecular weight is 376 g/mol. The summed E-state index contributed by atoms with van der Waals surface area (Å²) in [5.41, 5.74) is 1.67. The summed E-state index contributed by atoms with van der Waals surface area (Å²) in [5, 5.41) is 10.5. The van der Waals surface area contributed by atoms with E-state index in [1.165, 1.54) is 23.1 Å². The number of thiophene rings is 2. The average Bonchev–Trinajstić information content (AvgIpc) is 3.32. The smallest absolute Gasteiger partial charge is 0.272 e. The molecule has 24 heavy (non-hydrogen) atoms. The third-order valence-electron chi connectivity index (χ3n) is 3.41. The fraction of sp³-hybridized carbons (Fsp3) is 0.200. The van der Waals surface area contributed by atoms with Crippen molar-refractivity contribution >= 4 is 44.7 Å². The molecule has 0 aromatic carbocycles. The second kappa shape index (κ2) is 6.50. The topological polar surface area (TPSA) is 73.8 Å². The Morgan fingerprint density at radius 3 is 3.00 bits per heavy atom. The number of fused-ring (bicyclic) bond motifs is 1. The summed E-state index contributed by atoms with van der Waals surface area (Å²) in [4.78, 5) is 21.5. The predicted molar refractivity (Wildman–Crippen MR) is 96.7 cm³/mol. The lowest BCUT2D eigenvalue weighted by molar-refractivity contribution is 0.425. The Balaban J connectivity index is 1.60. The fourth-order valence-corrected chi connectivity index (χ4v) is 4.57. The minimum atomic E-state index is 0.00655. The van der Waals surface area contributed by atoms with Gasteiger partial charge in [0.2, 0.25) is 0 Å². The summed E-state index contributed by atoms with van der Waals surface area (Å²) < 4.78 is 7.66. The van der Waals surface area contributed by atoms with E-state index in [0.29, 0.717) is 33.9 Å². The van der Waals surface area contributed by atoms with Crippen molar-refractivity contribution in [1.29, 1.82) is 0 Å². The van der Waals surface area contributed by atoms with Gasteiger partial charge in [0.25, 0.3) is 11.4 Å². The van der Waals surface area contributed by atoms with Crippen molar-refractivity contribution in [1.82, 2.24) is 19.7 Å². The second-order valence-corrected chi connectivity index (χ2v) is 7.53. The Hall–Kier alpha value is -1.97. The van der Waals surface area contributed by atoms with Crippen LogP contribution in [0, 0.1) is 0 Å². The molecule has 0 saturated carbocycles. The molecule has 0 radical (unpaired) electrons. The quantitative estimate of drug-likeness (QED) is 0.389. The largest absolute Gasteiger partial charge is 0.334 e. The molecule has 4 aromatic heterocycles. The van der Waals surface area contributed by atoms with E-state index in [-0.39, 0.29) is 5.56 Å². The van der Waals surface area contributed by atoms with E-state index in [0.717, 1.165) is 11.1 Å². The van der Waals surface area contributed by atoms with Crippen molar-refractivity contribution in [3.8, 4) is 11.5 Å². The molecule has 0 atom stereocenters. The minimum Gasteiger partial charge on any atom is -0.334 e. The van der Waals surface area contributed by atoms with Gasteiger partial charge in [-0.25, -0.2) is 4.98 Å². The van der Waals surface area contributed by atoms with Crippen LogP contribution in [-0.2, 0) is 12.3 Å². The van der Waals surface area contributed by atoms with Crippen LogP contribution in [0.4, 0.5) is 0 Å². The normalized spacial score (nSPS) is 11.4. The van der Waals surface area contributed by atoms with Crippen LogP contribution in [0.3, 0.4) is 0 Å². The number of aromatic nitrogens is 4. The lowest BCUT2D eigenvalue weighted by Gasteiger charge is -2.08. The molecule has 0 aliphatic heterocycles. The zero-order valence-corrected chi connectivity index (χ0v) is 15.1. The molecule has 0 aliphatic carbocycles. The molecular weight excluding hydrogens is 364 g/mol. The Kier molecular flexibility index (Phi) is 4.21. The standard InChI is InChI=1S/C15H12N4O2S3/c1-2-19-14(20)12-10(4-6-23-12)16-15(19)24-8-11-17-13(21-18-11)9-3-5-22-7-9/h3-7H,2,8H2,1H3. The second-order valence-electron chi connectivity index (χ2n) is 4.90. The molecule has 4 aromatic rings. The van der Waals surface area contributed by atoms with Gasteiger partial charge in [-0.2, -0.15) is 16.3 Å². The van der Waals surface area contributed by atoms with Gasteiger partial charge >= 0.3 is 0 Å². The molecule has 0 N–H and O–H groups in total. The Morgan fingerprint density at radius 2 is 2.21 bits per heavy atom. The zero-order chi connectivity index (χ0) is 16.5. The van der Waals surface area contributed by atoms with E-state index in [4.69, 9.17) is 4.52 Å². The predicted octanol–water partition coefficient (Wildman–Crippen LogP) is 3.88. The highest BCUT2D eigenvalue weighted by Crippen LogP contribution is 2.25. The van der Waals surface area contributed by atoms with E-state index in [1.807, 2.05) is 35.2 Å². The van der Waals surface area contributed by atoms with Crippen LogP contribution in [0.2, 0.25) is 0 Å². The van der Waals surface area contributed by atoms with Gasteiger partial charge in [-0.3, -0.25) is 9.36 Å². The third kappa shape index (κ3) is 2.79. The highest BCUT2D eigenvalue weighted by molar-refractivity contribution is 7.98. The van der Waals surface area contributed by atoms with Gasteiger partial charge in [0, 0.05) is 11.9 Å². The first-order valence-corrected chi connectivity index (χ1v) is 10.0. The van der Waals surface area contributed by atoms with Gasteiger partial charge in [0.05, 0.1) is 16.8 Å². The van der Waals surface area contributed by atoms with Crippen LogP contribution < -0.4 is 5.56 Å². The SMILES string of the molecule is CCn1c(SCc2noc(-c3ccsc3)n2)nc2ccsc2c1=O. The molecule has 0 aliphatic rings. The van der Waals surface area contributed by atoms with Crippen molar-refractivity contribution in [2.75, 3.05) is 0 Å². The van der Waals surface area contributed by atoms with Crippen molar-refractivity contribution in [2.45, 2.75) is 24.4 Å². The maximum Gasteiger partial charge on any atom is 0.272 e. The lowest BCUT2D eigenvalue weighted by atomic mass is 10.3. The van der Waals surface area contributed by atoms with Crippen LogP contribution >= 0.6 is 34.4 Å². The molecule has 9 heteroatoms. The van der Waals surface area contributed by atoms with Crippen molar-refractivity contribution in [3.63, 3.8) is 0 Å².